The van der Waals surface area contributed by atoms with E-state index in [9.17, 15) is 5.11 Å². The van der Waals surface area contributed by atoms with E-state index in [0.717, 1.165) is 16.2 Å². The largest absolute Gasteiger partial charge is 0.497 e. The van der Waals surface area contributed by atoms with Crippen LogP contribution in [0.25, 0.3) is 0 Å². The Bertz CT molecular complexity index is 481. The smallest absolute Gasteiger partial charge is 0.131 e. The Morgan fingerprint density at radius 1 is 1.35 bits per heavy atom. The number of hydrogen-bond donors (Lipinski definition) is 2. The van der Waals surface area contributed by atoms with Crippen molar-refractivity contribution in [2.24, 2.45) is 0 Å². The number of ether oxygens (including phenoxy) is 1. The second-order valence-electron chi connectivity index (χ2n) is 3.50. The normalized spacial score (nSPS) is 12.4. The van der Waals surface area contributed by atoms with Crippen LogP contribution < -0.4 is 4.74 Å². The fourth-order valence-electron chi connectivity index (χ4n) is 1.45. The summed E-state index contributed by atoms with van der Waals surface area (Å²) in [6, 6.07) is 7.17. The summed E-state index contributed by atoms with van der Waals surface area (Å²) in [7, 11) is 1.60. The third-order valence-corrected chi connectivity index (χ3v) is 3.43. The van der Waals surface area contributed by atoms with Gasteiger partial charge in [-0.1, -0.05) is 12.1 Å². The molecule has 4 nitrogen and oxygen atoms in total. The van der Waals surface area contributed by atoms with Gasteiger partial charge in [0.1, 0.15) is 16.9 Å². The lowest BCUT2D eigenvalue weighted by atomic mass is 10.1. The van der Waals surface area contributed by atoms with Crippen LogP contribution in [-0.2, 0) is 6.61 Å². The molecule has 0 fully saturated rings. The number of hydrogen-bond acceptors (Lipinski definition) is 5. The molecule has 1 heterocycles. The number of aliphatic hydroxyl groups is 2. The molecule has 2 rings (SSSR count). The van der Waals surface area contributed by atoms with Crippen LogP contribution in [-0.4, -0.2) is 22.3 Å². The molecule has 2 N–H and O–H groups in total. The van der Waals surface area contributed by atoms with E-state index in [1.165, 1.54) is 11.3 Å². The van der Waals surface area contributed by atoms with E-state index in [1.54, 1.807) is 37.6 Å². The standard InChI is InChI=1S/C12H13NO3S/c1-16-9-4-2-8(3-5-9)11(15)12-13-6-10(7-14)17-12/h2-6,11,14-15H,7H2,1H3. The Morgan fingerprint density at radius 2 is 2.06 bits per heavy atom. The van der Waals surface area contributed by atoms with Crippen molar-refractivity contribution in [3.05, 3.63) is 45.9 Å². The van der Waals surface area contributed by atoms with Crippen LogP contribution in [0.1, 0.15) is 21.6 Å². The van der Waals surface area contributed by atoms with Gasteiger partial charge in [-0.2, -0.15) is 0 Å². The maximum absolute atomic E-state index is 10.1. The van der Waals surface area contributed by atoms with E-state index in [2.05, 4.69) is 4.98 Å². The van der Waals surface area contributed by atoms with Crippen LogP contribution in [0, 0.1) is 0 Å². The lowest BCUT2D eigenvalue weighted by Crippen LogP contribution is -1.98. The second-order valence-corrected chi connectivity index (χ2v) is 4.65. The number of aromatic nitrogens is 1. The highest BCUT2D eigenvalue weighted by molar-refractivity contribution is 7.11. The molecule has 0 amide bonds. The van der Waals surface area contributed by atoms with Gasteiger partial charge in [0.05, 0.1) is 18.6 Å². The molecule has 0 bridgehead atoms. The topological polar surface area (TPSA) is 62.6 Å². The summed E-state index contributed by atoms with van der Waals surface area (Å²) in [5.74, 6) is 0.746. The van der Waals surface area contributed by atoms with Crippen LogP contribution in [0.4, 0.5) is 0 Å². The van der Waals surface area contributed by atoms with Gasteiger partial charge in [0.2, 0.25) is 0 Å². The number of thiazole rings is 1. The van der Waals surface area contributed by atoms with Gasteiger partial charge < -0.3 is 14.9 Å². The minimum Gasteiger partial charge on any atom is -0.497 e. The molecule has 2 aromatic rings. The van der Waals surface area contributed by atoms with Gasteiger partial charge in [-0.25, -0.2) is 4.98 Å². The van der Waals surface area contributed by atoms with Crippen molar-refractivity contribution in [1.29, 1.82) is 0 Å². The quantitative estimate of drug-likeness (QED) is 0.868. The molecule has 1 aromatic carbocycles. The zero-order chi connectivity index (χ0) is 12.3. The summed E-state index contributed by atoms with van der Waals surface area (Å²) in [5.41, 5.74) is 0.754. The zero-order valence-electron chi connectivity index (χ0n) is 9.33. The number of methoxy groups -OCH3 is 1. The molecule has 1 unspecified atom stereocenters. The Balaban J connectivity index is 2.20. The fraction of sp³-hybridized carbons (Fsp3) is 0.250. The van der Waals surface area contributed by atoms with Crippen LogP contribution in [0.3, 0.4) is 0 Å². The molecular weight excluding hydrogens is 238 g/mol. The minimum absolute atomic E-state index is 0.0486. The Kier molecular flexibility index (Phi) is 3.73. The highest BCUT2D eigenvalue weighted by Crippen LogP contribution is 2.27. The minimum atomic E-state index is -0.758. The zero-order valence-corrected chi connectivity index (χ0v) is 10.1. The van der Waals surface area contributed by atoms with Gasteiger partial charge in [0.15, 0.2) is 0 Å². The van der Waals surface area contributed by atoms with Crippen molar-refractivity contribution < 1.29 is 14.9 Å². The Morgan fingerprint density at radius 3 is 2.59 bits per heavy atom. The first-order valence-corrected chi connectivity index (χ1v) is 5.93. The van der Waals surface area contributed by atoms with Gasteiger partial charge in [-0.3, -0.25) is 0 Å². The summed E-state index contributed by atoms with van der Waals surface area (Å²) in [5, 5.41) is 19.6. The van der Waals surface area contributed by atoms with Crippen molar-refractivity contribution in [3.63, 3.8) is 0 Å². The van der Waals surface area contributed by atoms with Crippen LogP contribution >= 0.6 is 11.3 Å². The number of aliphatic hydroxyl groups excluding tert-OH is 2. The van der Waals surface area contributed by atoms with E-state index in [4.69, 9.17) is 9.84 Å². The van der Waals surface area contributed by atoms with E-state index in [0.29, 0.717) is 5.01 Å². The van der Waals surface area contributed by atoms with Crippen LogP contribution in [0.2, 0.25) is 0 Å². The first kappa shape index (κ1) is 12.0. The first-order chi connectivity index (χ1) is 8.24. The predicted molar refractivity (Wildman–Crippen MR) is 65.1 cm³/mol. The van der Waals surface area contributed by atoms with Gasteiger partial charge in [0.25, 0.3) is 0 Å². The molecule has 0 aliphatic carbocycles. The van der Waals surface area contributed by atoms with Crippen molar-refractivity contribution in [2.45, 2.75) is 12.7 Å². The summed E-state index contributed by atoms with van der Waals surface area (Å²) in [6.45, 7) is -0.0486. The average molecular weight is 251 g/mol. The maximum atomic E-state index is 10.1. The van der Waals surface area contributed by atoms with Crippen LogP contribution in [0.15, 0.2) is 30.5 Å². The fourth-order valence-corrected chi connectivity index (χ4v) is 2.24. The Hall–Kier alpha value is -1.43. The van der Waals surface area contributed by atoms with Crippen molar-refractivity contribution >= 4 is 11.3 Å². The lowest BCUT2D eigenvalue weighted by Gasteiger charge is -2.08. The molecule has 0 radical (unpaired) electrons. The molecule has 0 aliphatic heterocycles. The predicted octanol–water partition coefficient (Wildman–Crippen LogP) is 1.73. The van der Waals surface area contributed by atoms with Crippen molar-refractivity contribution in [3.8, 4) is 5.75 Å². The molecule has 0 aliphatic rings. The van der Waals surface area contributed by atoms with E-state index >= 15 is 0 Å². The summed E-state index contributed by atoms with van der Waals surface area (Å²) >= 11 is 1.30. The van der Waals surface area contributed by atoms with Gasteiger partial charge >= 0.3 is 0 Å². The van der Waals surface area contributed by atoms with Crippen molar-refractivity contribution in [1.82, 2.24) is 4.98 Å². The highest BCUT2D eigenvalue weighted by atomic mass is 32.1. The Labute approximate surface area is 103 Å². The van der Waals surface area contributed by atoms with Crippen LogP contribution in [0.5, 0.6) is 5.75 Å². The van der Waals surface area contributed by atoms with E-state index in [-0.39, 0.29) is 6.61 Å². The molecule has 5 heteroatoms. The second kappa shape index (κ2) is 5.27. The number of benzene rings is 1. The third kappa shape index (κ3) is 2.63. The van der Waals surface area contributed by atoms with E-state index < -0.39 is 6.10 Å². The highest BCUT2D eigenvalue weighted by Gasteiger charge is 2.14. The molecule has 0 saturated heterocycles. The average Bonchev–Trinajstić information content (AvgIpc) is 2.87. The monoisotopic (exact) mass is 251 g/mol. The van der Waals surface area contributed by atoms with Gasteiger partial charge in [-0.05, 0) is 17.7 Å². The number of nitrogens with zero attached hydrogens (tertiary/aromatic N) is 1. The summed E-state index contributed by atoms with van der Waals surface area (Å²) in [6.07, 6.45) is 0.818. The molecule has 17 heavy (non-hydrogen) atoms. The molecule has 1 aromatic heterocycles. The molecule has 0 saturated carbocycles. The summed E-state index contributed by atoms with van der Waals surface area (Å²) < 4.78 is 5.05. The van der Waals surface area contributed by atoms with Crippen molar-refractivity contribution in [2.75, 3.05) is 7.11 Å². The molecule has 0 spiro atoms. The SMILES string of the molecule is COc1ccc(C(O)c2ncc(CO)s2)cc1. The third-order valence-electron chi connectivity index (χ3n) is 2.39. The van der Waals surface area contributed by atoms with E-state index in [1.807, 2.05) is 0 Å². The van der Waals surface area contributed by atoms with Gasteiger partial charge in [-0.15, -0.1) is 11.3 Å². The molecule has 1 atom stereocenters. The first-order valence-electron chi connectivity index (χ1n) is 5.12. The number of rotatable bonds is 4. The lowest BCUT2D eigenvalue weighted by molar-refractivity contribution is 0.219. The molecular formula is C12H13NO3S. The maximum Gasteiger partial charge on any atom is 0.131 e. The van der Waals surface area contributed by atoms with Gasteiger partial charge in [0, 0.05) is 6.20 Å². The summed E-state index contributed by atoms with van der Waals surface area (Å²) in [4.78, 5) is 4.83. The molecule has 90 valence electrons.